The summed E-state index contributed by atoms with van der Waals surface area (Å²) in [5.41, 5.74) is 0. The van der Waals surface area contributed by atoms with Crippen molar-refractivity contribution in [3.63, 3.8) is 0 Å². The second-order valence-electron chi connectivity index (χ2n) is 2.60. The fourth-order valence-electron chi connectivity index (χ4n) is 0.626. The van der Waals surface area contributed by atoms with E-state index >= 15 is 0 Å². The van der Waals surface area contributed by atoms with Crippen LogP contribution in [0.15, 0.2) is 0 Å². The molecule has 10 heavy (non-hydrogen) atoms. The van der Waals surface area contributed by atoms with Gasteiger partial charge in [0.2, 0.25) is 0 Å². The number of rotatable bonds is 6. The Kier molecular flexibility index (Phi) is 6.91. The summed E-state index contributed by atoms with van der Waals surface area (Å²) in [4.78, 5) is 0. The average Bonchev–Trinajstić information content (AvgIpc) is 1.98. The largest absolute Gasteiger partial charge is 0.396 e. The van der Waals surface area contributed by atoms with Gasteiger partial charge in [0.05, 0.1) is 0 Å². The van der Waals surface area contributed by atoms with Crippen molar-refractivity contribution in [1.29, 1.82) is 0 Å². The predicted octanol–water partition coefficient (Wildman–Crippen LogP) is -0.576. The molecule has 0 radical (unpaired) electrons. The monoisotopic (exact) mass is 146 g/mol. The molecule has 0 saturated carbocycles. The average molecular weight is 146 g/mol. The molecule has 0 aromatic heterocycles. The first kappa shape index (κ1) is 9.88. The van der Waals surface area contributed by atoms with Crippen molar-refractivity contribution in [2.45, 2.75) is 6.92 Å². The summed E-state index contributed by atoms with van der Waals surface area (Å²) in [6.45, 7) is 5.15. The highest BCUT2D eigenvalue weighted by Gasteiger charge is 1.96. The Morgan fingerprint density at radius 1 is 1.40 bits per heavy atom. The SMILES string of the molecule is CNCCNC[C@H](C)CO. The summed E-state index contributed by atoms with van der Waals surface area (Å²) < 4.78 is 0. The van der Waals surface area contributed by atoms with Crippen molar-refractivity contribution in [2.75, 3.05) is 33.3 Å². The molecule has 0 fully saturated rings. The summed E-state index contributed by atoms with van der Waals surface area (Å²) in [6, 6.07) is 0. The zero-order valence-corrected chi connectivity index (χ0v) is 6.85. The van der Waals surface area contributed by atoms with Gasteiger partial charge < -0.3 is 15.7 Å². The van der Waals surface area contributed by atoms with Gasteiger partial charge in [0.25, 0.3) is 0 Å². The van der Waals surface area contributed by atoms with Crippen molar-refractivity contribution < 1.29 is 5.11 Å². The molecule has 0 bridgehead atoms. The van der Waals surface area contributed by atoms with Gasteiger partial charge in [0.1, 0.15) is 0 Å². The van der Waals surface area contributed by atoms with E-state index in [0.717, 1.165) is 19.6 Å². The lowest BCUT2D eigenvalue weighted by atomic mass is 10.2. The standard InChI is InChI=1S/C7H18N2O/c1-7(6-10)5-9-4-3-8-2/h7-10H,3-6H2,1-2H3/t7-/m0/s1. The van der Waals surface area contributed by atoms with Crippen molar-refractivity contribution >= 4 is 0 Å². The van der Waals surface area contributed by atoms with Gasteiger partial charge in [0.15, 0.2) is 0 Å². The molecule has 0 aliphatic heterocycles. The Labute approximate surface area is 62.8 Å². The van der Waals surface area contributed by atoms with Gasteiger partial charge in [-0.25, -0.2) is 0 Å². The Morgan fingerprint density at radius 2 is 2.10 bits per heavy atom. The molecule has 0 unspecified atom stereocenters. The molecule has 0 aromatic carbocycles. The van der Waals surface area contributed by atoms with E-state index in [1.54, 1.807) is 0 Å². The number of hydrogen-bond acceptors (Lipinski definition) is 3. The topological polar surface area (TPSA) is 44.3 Å². The van der Waals surface area contributed by atoms with E-state index in [1.165, 1.54) is 0 Å². The molecule has 3 nitrogen and oxygen atoms in total. The van der Waals surface area contributed by atoms with E-state index in [-0.39, 0.29) is 6.61 Å². The number of aliphatic hydroxyl groups is 1. The highest BCUT2D eigenvalue weighted by Crippen LogP contribution is 1.86. The van der Waals surface area contributed by atoms with Crippen LogP contribution >= 0.6 is 0 Å². The van der Waals surface area contributed by atoms with E-state index in [0.29, 0.717) is 5.92 Å². The summed E-state index contributed by atoms with van der Waals surface area (Å²) in [5, 5.41) is 14.9. The molecule has 3 heteroatoms. The maximum Gasteiger partial charge on any atom is 0.0468 e. The zero-order chi connectivity index (χ0) is 7.82. The Balaban J connectivity index is 2.89. The van der Waals surface area contributed by atoms with Gasteiger partial charge in [0, 0.05) is 19.7 Å². The van der Waals surface area contributed by atoms with Gasteiger partial charge in [-0.1, -0.05) is 6.92 Å². The third-order valence-electron chi connectivity index (χ3n) is 1.36. The van der Waals surface area contributed by atoms with Crippen LogP contribution in [0.1, 0.15) is 6.92 Å². The van der Waals surface area contributed by atoms with Crippen LogP contribution in [0.25, 0.3) is 0 Å². The van der Waals surface area contributed by atoms with Crippen LogP contribution < -0.4 is 10.6 Å². The molecule has 0 rings (SSSR count). The normalized spacial score (nSPS) is 13.5. The van der Waals surface area contributed by atoms with Crippen LogP contribution in [0.5, 0.6) is 0 Å². The maximum atomic E-state index is 8.64. The van der Waals surface area contributed by atoms with Crippen molar-refractivity contribution in [3.05, 3.63) is 0 Å². The molecule has 0 aromatic rings. The van der Waals surface area contributed by atoms with Crippen LogP contribution in [0.3, 0.4) is 0 Å². The maximum absolute atomic E-state index is 8.64. The van der Waals surface area contributed by atoms with Gasteiger partial charge >= 0.3 is 0 Å². The van der Waals surface area contributed by atoms with Crippen LogP contribution in [0.2, 0.25) is 0 Å². The molecule has 0 heterocycles. The smallest absolute Gasteiger partial charge is 0.0468 e. The van der Waals surface area contributed by atoms with Gasteiger partial charge in [-0.3, -0.25) is 0 Å². The summed E-state index contributed by atoms with van der Waals surface area (Å²) in [5.74, 6) is 0.372. The number of nitrogens with one attached hydrogen (secondary N) is 2. The number of hydrogen-bond donors (Lipinski definition) is 3. The third kappa shape index (κ3) is 6.01. The Bertz CT molecular complexity index is 68.6. The lowest BCUT2D eigenvalue weighted by Crippen LogP contribution is -2.29. The summed E-state index contributed by atoms with van der Waals surface area (Å²) >= 11 is 0. The van der Waals surface area contributed by atoms with Crippen LogP contribution in [-0.2, 0) is 0 Å². The van der Waals surface area contributed by atoms with E-state index in [4.69, 9.17) is 5.11 Å². The quantitative estimate of drug-likeness (QED) is 0.439. The fourth-order valence-corrected chi connectivity index (χ4v) is 0.626. The number of likely N-dealkylation sites (N-methyl/N-ethyl adjacent to an activating group) is 1. The molecule has 0 aliphatic rings. The minimum Gasteiger partial charge on any atom is -0.396 e. The summed E-state index contributed by atoms with van der Waals surface area (Å²) in [7, 11) is 1.93. The second kappa shape index (κ2) is 6.99. The van der Waals surface area contributed by atoms with E-state index in [9.17, 15) is 0 Å². The third-order valence-corrected chi connectivity index (χ3v) is 1.36. The highest BCUT2D eigenvalue weighted by atomic mass is 16.3. The molecular weight excluding hydrogens is 128 g/mol. The van der Waals surface area contributed by atoms with Crippen molar-refractivity contribution in [1.82, 2.24) is 10.6 Å². The Morgan fingerprint density at radius 3 is 2.60 bits per heavy atom. The van der Waals surface area contributed by atoms with Gasteiger partial charge in [-0.2, -0.15) is 0 Å². The highest BCUT2D eigenvalue weighted by molar-refractivity contribution is 4.55. The van der Waals surface area contributed by atoms with Gasteiger partial charge in [-0.15, -0.1) is 0 Å². The fraction of sp³-hybridized carbons (Fsp3) is 1.00. The molecule has 0 aliphatic carbocycles. The Hall–Kier alpha value is -0.120. The molecule has 1 atom stereocenters. The molecular formula is C7H18N2O. The van der Waals surface area contributed by atoms with Crippen LogP contribution in [-0.4, -0.2) is 38.4 Å². The van der Waals surface area contributed by atoms with Crippen LogP contribution in [0.4, 0.5) is 0 Å². The molecule has 0 amide bonds. The number of aliphatic hydroxyl groups excluding tert-OH is 1. The van der Waals surface area contributed by atoms with E-state index in [1.807, 2.05) is 14.0 Å². The van der Waals surface area contributed by atoms with Crippen molar-refractivity contribution in [3.8, 4) is 0 Å². The first-order chi connectivity index (χ1) is 4.81. The molecule has 0 spiro atoms. The predicted molar refractivity (Wildman–Crippen MR) is 43.0 cm³/mol. The molecule has 0 saturated heterocycles. The van der Waals surface area contributed by atoms with E-state index in [2.05, 4.69) is 10.6 Å². The lowest BCUT2D eigenvalue weighted by molar-refractivity contribution is 0.234. The van der Waals surface area contributed by atoms with Gasteiger partial charge in [-0.05, 0) is 19.5 Å². The summed E-state index contributed by atoms with van der Waals surface area (Å²) in [6.07, 6.45) is 0. The second-order valence-corrected chi connectivity index (χ2v) is 2.60. The van der Waals surface area contributed by atoms with E-state index < -0.39 is 0 Å². The first-order valence-electron chi connectivity index (χ1n) is 3.77. The zero-order valence-electron chi connectivity index (χ0n) is 6.85. The minimum atomic E-state index is 0.270. The molecule has 3 N–H and O–H groups in total. The lowest BCUT2D eigenvalue weighted by Gasteiger charge is -2.08. The molecule has 62 valence electrons. The minimum absolute atomic E-state index is 0.270. The first-order valence-corrected chi connectivity index (χ1v) is 3.77. The van der Waals surface area contributed by atoms with Crippen molar-refractivity contribution in [2.24, 2.45) is 5.92 Å². The van der Waals surface area contributed by atoms with Crippen LogP contribution in [0, 0.1) is 5.92 Å².